The Hall–Kier alpha value is -0.130. The van der Waals surface area contributed by atoms with Crippen molar-refractivity contribution < 1.29 is 13.2 Å². The van der Waals surface area contributed by atoms with Crippen LogP contribution in [0.25, 0.3) is 0 Å². The minimum atomic E-state index is -3.30. The lowest BCUT2D eigenvalue weighted by atomic mass is 10.3. The van der Waals surface area contributed by atoms with Crippen LogP contribution in [0.1, 0.15) is 41.0 Å². The molecule has 144 valence electrons. The van der Waals surface area contributed by atoms with Crippen LogP contribution in [0.2, 0.25) is 0 Å². The molecule has 1 heterocycles. The second-order valence-corrected chi connectivity index (χ2v) is 8.19. The van der Waals surface area contributed by atoms with Crippen molar-refractivity contribution in [2.45, 2.75) is 59.3 Å². The molecule has 1 rings (SSSR count). The summed E-state index contributed by atoms with van der Waals surface area (Å²) in [5.41, 5.74) is 0. The standard InChI is InChI=1S/C15H32N4O3S.HI/c1-6-12(3)18-15(16-7-2)17-8-9-23(20,21)19-10-13(4)22-14(5)11-19;/h12-14H,6-11H2,1-5H3,(H2,16,17,18);1H. The van der Waals surface area contributed by atoms with Gasteiger partial charge in [-0.25, -0.2) is 8.42 Å². The Morgan fingerprint density at radius 1 is 1.29 bits per heavy atom. The molecule has 3 unspecified atom stereocenters. The van der Waals surface area contributed by atoms with E-state index in [1.54, 1.807) is 0 Å². The van der Waals surface area contributed by atoms with Crippen molar-refractivity contribution in [2.24, 2.45) is 4.99 Å². The lowest BCUT2D eigenvalue weighted by molar-refractivity contribution is -0.0440. The fraction of sp³-hybridized carbons (Fsp3) is 0.933. The minimum absolute atomic E-state index is 0. The quantitative estimate of drug-likeness (QED) is 0.330. The highest BCUT2D eigenvalue weighted by atomic mass is 127. The highest BCUT2D eigenvalue weighted by Gasteiger charge is 2.30. The molecule has 1 saturated heterocycles. The summed E-state index contributed by atoms with van der Waals surface area (Å²) in [6.45, 7) is 11.8. The number of ether oxygens (including phenoxy) is 1. The van der Waals surface area contributed by atoms with Gasteiger partial charge in [-0.1, -0.05) is 6.92 Å². The van der Waals surface area contributed by atoms with E-state index in [1.165, 1.54) is 4.31 Å². The number of nitrogens with one attached hydrogen (secondary N) is 2. The molecule has 1 aliphatic rings. The van der Waals surface area contributed by atoms with E-state index in [1.807, 2.05) is 20.8 Å². The molecular weight excluding hydrogens is 443 g/mol. The second-order valence-electron chi connectivity index (χ2n) is 6.10. The first kappa shape index (κ1) is 23.9. The van der Waals surface area contributed by atoms with Crippen molar-refractivity contribution in [1.82, 2.24) is 14.9 Å². The average Bonchev–Trinajstić information content (AvgIpc) is 2.46. The van der Waals surface area contributed by atoms with E-state index in [2.05, 4.69) is 29.5 Å². The summed E-state index contributed by atoms with van der Waals surface area (Å²) in [4.78, 5) is 4.38. The monoisotopic (exact) mass is 476 g/mol. The van der Waals surface area contributed by atoms with Crippen molar-refractivity contribution in [1.29, 1.82) is 0 Å². The number of morpholine rings is 1. The molecule has 0 saturated carbocycles. The number of aliphatic imine (C=N–C) groups is 1. The molecule has 9 heteroatoms. The van der Waals surface area contributed by atoms with Crippen LogP contribution in [0.5, 0.6) is 0 Å². The summed E-state index contributed by atoms with van der Waals surface area (Å²) in [5, 5.41) is 6.40. The number of rotatable bonds is 7. The molecule has 0 aliphatic carbocycles. The Bertz CT molecular complexity index is 477. The molecular formula is C15H33IN4O3S. The number of halogens is 1. The summed E-state index contributed by atoms with van der Waals surface area (Å²) in [7, 11) is -3.30. The maximum Gasteiger partial charge on any atom is 0.216 e. The van der Waals surface area contributed by atoms with Gasteiger partial charge in [-0.05, 0) is 34.1 Å². The van der Waals surface area contributed by atoms with Crippen molar-refractivity contribution in [3.63, 3.8) is 0 Å². The van der Waals surface area contributed by atoms with Gasteiger partial charge in [-0.3, -0.25) is 4.99 Å². The maximum atomic E-state index is 12.5. The average molecular weight is 476 g/mol. The third-order valence-electron chi connectivity index (χ3n) is 3.74. The molecule has 0 spiro atoms. The van der Waals surface area contributed by atoms with Crippen LogP contribution >= 0.6 is 24.0 Å². The third kappa shape index (κ3) is 8.30. The van der Waals surface area contributed by atoms with Crippen LogP contribution in [0.4, 0.5) is 0 Å². The van der Waals surface area contributed by atoms with Gasteiger partial charge in [0.25, 0.3) is 0 Å². The molecule has 3 atom stereocenters. The Morgan fingerprint density at radius 3 is 2.38 bits per heavy atom. The van der Waals surface area contributed by atoms with Gasteiger partial charge in [0.05, 0.1) is 24.5 Å². The van der Waals surface area contributed by atoms with E-state index in [0.717, 1.165) is 13.0 Å². The molecule has 1 fully saturated rings. The Morgan fingerprint density at radius 2 is 1.88 bits per heavy atom. The normalized spacial score (nSPS) is 24.1. The van der Waals surface area contributed by atoms with E-state index in [4.69, 9.17) is 4.74 Å². The summed E-state index contributed by atoms with van der Waals surface area (Å²) in [6, 6.07) is 0.297. The molecule has 0 aromatic heterocycles. The Balaban J connectivity index is 0.00000529. The summed E-state index contributed by atoms with van der Waals surface area (Å²) < 4.78 is 32.0. The lowest BCUT2D eigenvalue weighted by Crippen LogP contribution is -2.49. The van der Waals surface area contributed by atoms with Crippen LogP contribution < -0.4 is 10.6 Å². The number of nitrogens with zero attached hydrogens (tertiary/aromatic N) is 2. The molecule has 2 N–H and O–H groups in total. The van der Waals surface area contributed by atoms with E-state index in [-0.39, 0.29) is 48.5 Å². The number of hydrogen-bond donors (Lipinski definition) is 2. The van der Waals surface area contributed by atoms with E-state index >= 15 is 0 Å². The Kier molecular flexibility index (Phi) is 11.4. The summed E-state index contributed by atoms with van der Waals surface area (Å²) in [5.74, 6) is 0.685. The number of guanidine groups is 1. The zero-order chi connectivity index (χ0) is 17.5. The fourth-order valence-electron chi connectivity index (χ4n) is 2.42. The van der Waals surface area contributed by atoms with Crippen molar-refractivity contribution in [3.05, 3.63) is 0 Å². The molecule has 0 bridgehead atoms. The SMILES string of the molecule is CCNC(=NCCS(=O)(=O)N1CC(C)OC(C)C1)NC(C)CC.I. The van der Waals surface area contributed by atoms with Gasteiger partial charge < -0.3 is 15.4 Å². The highest BCUT2D eigenvalue weighted by molar-refractivity contribution is 14.0. The first-order valence-corrected chi connectivity index (χ1v) is 10.1. The highest BCUT2D eigenvalue weighted by Crippen LogP contribution is 2.14. The van der Waals surface area contributed by atoms with E-state index in [0.29, 0.717) is 25.1 Å². The zero-order valence-electron chi connectivity index (χ0n) is 15.4. The predicted octanol–water partition coefficient (Wildman–Crippen LogP) is 1.40. The van der Waals surface area contributed by atoms with Gasteiger partial charge in [0.15, 0.2) is 5.96 Å². The predicted molar refractivity (Wildman–Crippen MR) is 110 cm³/mol. The molecule has 24 heavy (non-hydrogen) atoms. The van der Waals surface area contributed by atoms with E-state index < -0.39 is 10.0 Å². The molecule has 0 amide bonds. The second kappa shape index (κ2) is 11.5. The van der Waals surface area contributed by atoms with Crippen LogP contribution in [0.15, 0.2) is 4.99 Å². The lowest BCUT2D eigenvalue weighted by Gasteiger charge is -2.34. The Labute approximate surface area is 164 Å². The van der Waals surface area contributed by atoms with Gasteiger partial charge in [-0.15, -0.1) is 24.0 Å². The first-order valence-electron chi connectivity index (χ1n) is 8.46. The van der Waals surface area contributed by atoms with Crippen LogP contribution in [-0.2, 0) is 14.8 Å². The van der Waals surface area contributed by atoms with Gasteiger partial charge in [0.1, 0.15) is 0 Å². The molecule has 0 radical (unpaired) electrons. The molecule has 0 aromatic rings. The van der Waals surface area contributed by atoms with Gasteiger partial charge >= 0.3 is 0 Å². The molecule has 1 aliphatic heterocycles. The zero-order valence-corrected chi connectivity index (χ0v) is 18.6. The number of sulfonamides is 1. The number of hydrogen-bond acceptors (Lipinski definition) is 4. The minimum Gasteiger partial charge on any atom is -0.373 e. The summed E-state index contributed by atoms with van der Waals surface area (Å²) in [6.07, 6.45) is 0.842. The molecule has 0 aromatic carbocycles. The van der Waals surface area contributed by atoms with Crippen molar-refractivity contribution >= 4 is 40.0 Å². The summed E-state index contributed by atoms with van der Waals surface area (Å²) >= 11 is 0. The maximum absolute atomic E-state index is 12.5. The third-order valence-corrected chi connectivity index (χ3v) is 5.52. The van der Waals surface area contributed by atoms with Gasteiger partial charge in [-0.2, -0.15) is 4.31 Å². The van der Waals surface area contributed by atoms with Crippen LogP contribution in [0.3, 0.4) is 0 Å². The van der Waals surface area contributed by atoms with E-state index in [9.17, 15) is 8.42 Å². The first-order chi connectivity index (χ1) is 10.8. The van der Waals surface area contributed by atoms with Crippen molar-refractivity contribution in [3.8, 4) is 0 Å². The topological polar surface area (TPSA) is 83.0 Å². The van der Waals surface area contributed by atoms with Gasteiger partial charge in [0, 0.05) is 25.7 Å². The van der Waals surface area contributed by atoms with Gasteiger partial charge in [0.2, 0.25) is 10.0 Å². The molecule has 7 nitrogen and oxygen atoms in total. The largest absolute Gasteiger partial charge is 0.373 e. The van der Waals surface area contributed by atoms with Crippen LogP contribution in [0, 0.1) is 0 Å². The van der Waals surface area contributed by atoms with Crippen LogP contribution in [-0.4, -0.2) is 68.9 Å². The smallest absolute Gasteiger partial charge is 0.216 e. The fourth-order valence-corrected chi connectivity index (χ4v) is 3.87. The van der Waals surface area contributed by atoms with Crippen molar-refractivity contribution in [2.75, 3.05) is 31.9 Å².